The van der Waals surface area contributed by atoms with Gasteiger partial charge in [-0.15, -0.1) is 5.10 Å². The summed E-state index contributed by atoms with van der Waals surface area (Å²) in [5, 5.41) is 18.5. The van der Waals surface area contributed by atoms with Crippen molar-refractivity contribution >= 4 is 23.1 Å². The molecule has 8 nitrogen and oxygen atoms in total. The van der Waals surface area contributed by atoms with Gasteiger partial charge in [0.05, 0.1) is 29.0 Å². The van der Waals surface area contributed by atoms with E-state index in [2.05, 4.69) is 31.3 Å². The molecule has 3 N–H and O–H groups in total. The number of aromatic amines is 1. The van der Waals surface area contributed by atoms with E-state index in [1.807, 2.05) is 0 Å². The summed E-state index contributed by atoms with van der Waals surface area (Å²) in [7, 11) is 0. The third kappa shape index (κ3) is 7.97. The van der Waals surface area contributed by atoms with Crippen LogP contribution in [0.3, 0.4) is 0 Å². The van der Waals surface area contributed by atoms with E-state index in [0.717, 1.165) is 12.1 Å². The molecule has 2 amide bonds. The molecule has 0 aliphatic carbocycles. The summed E-state index contributed by atoms with van der Waals surface area (Å²) in [6.45, 7) is -0.656. The van der Waals surface area contributed by atoms with E-state index in [0.29, 0.717) is 28.1 Å². The second-order valence-corrected chi connectivity index (χ2v) is 10.1. The minimum Gasteiger partial charge on any atom is -0.365 e. The van der Waals surface area contributed by atoms with Gasteiger partial charge in [-0.2, -0.15) is 26.3 Å². The number of H-pyrrole nitrogens is 1. The van der Waals surface area contributed by atoms with Crippen LogP contribution in [0.15, 0.2) is 91.0 Å². The lowest BCUT2D eigenvalue weighted by molar-refractivity contribution is -0.137. The molecule has 0 aliphatic rings. The van der Waals surface area contributed by atoms with Crippen LogP contribution in [0.1, 0.15) is 17.5 Å². The highest BCUT2D eigenvalue weighted by atomic mass is 19.4. The van der Waals surface area contributed by atoms with Gasteiger partial charge in [0.15, 0.2) is 5.82 Å². The second-order valence-electron chi connectivity index (χ2n) is 10.1. The zero-order valence-electron chi connectivity index (χ0n) is 23.6. The van der Waals surface area contributed by atoms with Gasteiger partial charge < -0.3 is 15.5 Å². The molecule has 4 aromatic carbocycles. The van der Waals surface area contributed by atoms with Crippen LogP contribution in [0.25, 0.3) is 22.5 Å². The third-order valence-corrected chi connectivity index (χ3v) is 6.86. The van der Waals surface area contributed by atoms with Gasteiger partial charge in [0.25, 0.3) is 0 Å². The number of alkyl halides is 6. The van der Waals surface area contributed by atoms with Crippen molar-refractivity contribution in [3.05, 3.63) is 108 Å². The number of carbonyl (C=O) groups is 1. The van der Waals surface area contributed by atoms with Crippen LogP contribution < -0.4 is 15.5 Å². The van der Waals surface area contributed by atoms with Gasteiger partial charge in [-0.25, -0.2) is 14.3 Å². The number of nitrogens with zero attached hydrogens (tertiary/aromatic N) is 4. The van der Waals surface area contributed by atoms with Crippen LogP contribution in [0.4, 0.5) is 52.6 Å². The number of para-hydroxylation sites is 1. The SMILES string of the molecule is O=C(Nc1cc(-c2ccccc2-c2nnn[nH]2)ccc1N(CCC(F)(F)F)Cc1ccc(F)cc1)Nc1ccccc1C(F)(F)F. The number of nitrogens with one attached hydrogen (secondary N) is 3. The Morgan fingerprint density at radius 1 is 0.804 bits per heavy atom. The Morgan fingerprint density at radius 3 is 2.15 bits per heavy atom. The summed E-state index contributed by atoms with van der Waals surface area (Å²) in [6, 6.07) is 20.0. The number of urea groups is 1. The van der Waals surface area contributed by atoms with E-state index in [-0.39, 0.29) is 17.9 Å². The molecule has 1 heterocycles. The molecular formula is C31H24F7N7O. The Kier molecular flexibility index (Phi) is 9.21. The zero-order valence-corrected chi connectivity index (χ0v) is 23.6. The van der Waals surface area contributed by atoms with Crippen molar-refractivity contribution in [2.24, 2.45) is 0 Å². The fourth-order valence-corrected chi connectivity index (χ4v) is 4.77. The summed E-state index contributed by atoms with van der Waals surface area (Å²) < 4.78 is 94.6. The van der Waals surface area contributed by atoms with Crippen LogP contribution in [-0.2, 0) is 12.7 Å². The van der Waals surface area contributed by atoms with Crippen molar-refractivity contribution < 1.29 is 35.5 Å². The average molecular weight is 644 g/mol. The molecule has 0 radical (unpaired) electrons. The average Bonchev–Trinajstić information content (AvgIpc) is 3.55. The first-order valence-corrected chi connectivity index (χ1v) is 13.7. The molecule has 0 spiro atoms. The summed E-state index contributed by atoms with van der Waals surface area (Å²) >= 11 is 0. The van der Waals surface area contributed by atoms with Crippen molar-refractivity contribution in [1.29, 1.82) is 0 Å². The van der Waals surface area contributed by atoms with Crippen LogP contribution in [-0.4, -0.2) is 39.4 Å². The lowest BCUT2D eigenvalue weighted by Crippen LogP contribution is -2.29. The number of rotatable bonds is 9. The number of hydrogen-bond acceptors (Lipinski definition) is 5. The highest BCUT2D eigenvalue weighted by Crippen LogP contribution is 2.38. The molecule has 0 fully saturated rings. The summed E-state index contributed by atoms with van der Waals surface area (Å²) in [5.74, 6) is -0.215. The number of anilines is 3. The predicted octanol–water partition coefficient (Wildman–Crippen LogP) is 8.29. The van der Waals surface area contributed by atoms with Gasteiger partial charge >= 0.3 is 18.4 Å². The van der Waals surface area contributed by atoms with E-state index in [9.17, 15) is 35.5 Å². The van der Waals surface area contributed by atoms with E-state index in [4.69, 9.17) is 0 Å². The Morgan fingerprint density at radius 2 is 1.48 bits per heavy atom. The molecule has 5 rings (SSSR count). The van der Waals surface area contributed by atoms with Crippen molar-refractivity contribution in [3.63, 3.8) is 0 Å². The van der Waals surface area contributed by atoms with Crippen LogP contribution in [0.5, 0.6) is 0 Å². The van der Waals surface area contributed by atoms with Crippen LogP contribution in [0, 0.1) is 5.82 Å². The normalized spacial score (nSPS) is 11.7. The summed E-state index contributed by atoms with van der Waals surface area (Å²) in [4.78, 5) is 14.5. The van der Waals surface area contributed by atoms with E-state index in [1.54, 1.807) is 30.3 Å². The molecule has 0 saturated carbocycles. The predicted molar refractivity (Wildman–Crippen MR) is 157 cm³/mol. The highest BCUT2D eigenvalue weighted by molar-refractivity contribution is 6.03. The summed E-state index contributed by atoms with van der Waals surface area (Å²) in [6.07, 6.45) is -10.5. The number of tetrazole rings is 1. The zero-order chi connectivity index (χ0) is 32.9. The lowest BCUT2D eigenvalue weighted by Gasteiger charge is -2.28. The third-order valence-electron chi connectivity index (χ3n) is 6.86. The molecule has 0 bridgehead atoms. The van der Waals surface area contributed by atoms with Gasteiger partial charge in [-0.05, 0) is 63.5 Å². The molecule has 0 atom stereocenters. The Bertz CT molecular complexity index is 1790. The second kappa shape index (κ2) is 13.3. The molecule has 46 heavy (non-hydrogen) atoms. The molecule has 5 aromatic rings. The van der Waals surface area contributed by atoms with Crippen molar-refractivity contribution in [1.82, 2.24) is 20.6 Å². The quantitative estimate of drug-likeness (QED) is 0.140. The molecule has 0 aliphatic heterocycles. The van der Waals surface area contributed by atoms with E-state index < -0.39 is 48.4 Å². The smallest absolute Gasteiger partial charge is 0.365 e. The first kappa shape index (κ1) is 31.9. The van der Waals surface area contributed by atoms with Crippen LogP contribution >= 0.6 is 0 Å². The highest BCUT2D eigenvalue weighted by Gasteiger charge is 2.34. The van der Waals surface area contributed by atoms with Crippen LogP contribution in [0.2, 0.25) is 0 Å². The maximum absolute atomic E-state index is 13.6. The van der Waals surface area contributed by atoms with Crippen molar-refractivity contribution in [3.8, 4) is 22.5 Å². The number of benzene rings is 4. The minimum atomic E-state index is -4.77. The monoisotopic (exact) mass is 643 g/mol. The maximum Gasteiger partial charge on any atom is 0.418 e. The largest absolute Gasteiger partial charge is 0.418 e. The van der Waals surface area contributed by atoms with Gasteiger partial charge in [0, 0.05) is 18.7 Å². The van der Waals surface area contributed by atoms with E-state index >= 15 is 0 Å². The van der Waals surface area contributed by atoms with Gasteiger partial charge in [0.2, 0.25) is 0 Å². The molecule has 0 saturated heterocycles. The molecule has 15 heteroatoms. The molecule has 1 aromatic heterocycles. The summed E-state index contributed by atoms with van der Waals surface area (Å²) in [5.41, 5.74) is 0.633. The number of hydrogen-bond donors (Lipinski definition) is 3. The maximum atomic E-state index is 13.6. The number of halogens is 7. The van der Waals surface area contributed by atoms with E-state index in [1.165, 1.54) is 53.4 Å². The lowest BCUT2D eigenvalue weighted by atomic mass is 9.98. The number of carbonyl (C=O) groups excluding carboxylic acids is 1. The first-order chi connectivity index (χ1) is 21.9. The Labute approximate surface area is 257 Å². The van der Waals surface area contributed by atoms with Gasteiger partial charge in [-0.1, -0.05) is 54.6 Å². The number of aromatic nitrogens is 4. The fourth-order valence-electron chi connectivity index (χ4n) is 4.77. The topological polar surface area (TPSA) is 98.8 Å². The first-order valence-electron chi connectivity index (χ1n) is 13.7. The fraction of sp³-hybridized carbons (Fsp3) is 0.161. The molecular weight excluding hydrogens is 619 g/mol. The molecule has 0 unspecified atom stereocenters. The standard InChI is InChI=1S/C31H24F7N7O/c32-21-12-9-19(10-13-21)18-45(16-15-30(33,34)35)27-14-11-20(22-5-1-2-6-23(22)28-41-43-44-42-28)17-26(27)40-29(46)39-25-8-4-3-7-24(25)31(36,37)38/h1-14,17H,15-16,18H2,(H2,39,40,46)(H,41,42,43,44). The number of amides is 2. The minimum absolute atomic E-state index is 0.00530. The van der Waals surface area contributed by atoms with Crippen molar-refractivity contribution in [2.75, 3.05) is 22.1 Å². The Balaban J connectivity index is 1.57. The molecule has 238 valence electrons. The van der Waals surface area contributed by atoms with Crippen molar-refractivity contribution in [2.45, 2.75) is 25.3 Å². The Hall–Kier alpha value is -5.47. The van der Waals surface area contributed by atoms with Gasteiger partial charge in [-0.3, -0.25) is 0 Å². The van der Waals surface area contributed by atoms with Gasteiger partial charge in [0.1, 0.15) is 5.82 Å².